The number of hydrogen-bond donors (Lipinski definition) is 1. The zero-order chi connectivity index (χ0) is 20.9. The van der Waals surface area contributed by atoms with E-state index in [-0.39, 0.29) is 40.3 Å². The number of Topliss-reactive ketones (excluding diaryl/α,β-unsaturated/α-hetero) is 1. The number of para-hydroxylation sites is 1. The molecule has 0 spiro atoms. The summed E-state index contributed by atoms with van der Waals surface area (Å²) in [6.07, 6.45) is 0.654. The van der Waals surface area contributed by atoms with Crippen molar-refractivity contribution in [2.24, 2.45) is 5.41 Å². The van der Waals surface area contributed by atoms with Crippen LogP contribution in [0.2, 0.25) is 0 Å². The van der Waals surface area contributed by atoms with Crippen molar-refractivity contribution in [1.82, 2.24) is 4.57 Å². The first-order chi connectivity index (χ1) is 13.0. The molecule has 0 unspecified atom stereocenters. The zero-order valence-corrected chi connectivity index (χ0v) is 17.2. The Morgan fingerprint density at radius 2 is 1.82 bits per heavy atom. The summed E-state index contributed by atoms with van der Waals surface area (Å²) in [7, 11) is -2.62. The molecule has 0 radical (unpaired) electrons. The van der Waals surface area contributed by atoms with Gasteiger partial charge in [-0.1, -0.05) is 32.0 Å². The minimum absolute atomic E-state index is 0.0874. The van der Waals surface area contributed by atoms with Crippen LogP contribution in [0.3, 0.4) is 0 Å². The molecule has 8 heteroatoms. The Morgan fingerprint density at radius 1 is 1.21 bits per heavy atom. The molecule has 7 nitrogen and oxygen atoms in total. The van der Waals surface area contributed by atoms with Crippen LogP contribution in [0.4, 0.5) is 5.69 Å². The van der Waals surface area contributed by atoms with Gasteiger partial charge in [-0.25, -0.2) is 8.42 Å². The lowest BCUT2D eigenvalue weighted by molar-refractivity contribution is -0.137. The van der Waals surface area contributed by atoms with Crippen molar-refractivity contribution in [3.05, 3.63) is 47.3 Å². The van der Waals surface area contributed by atoms with E-state index in [9.17, 15) is 23.1 Å². The number of fused-ring (bicyclic) bond motifs is 1. The normalized spacial score (nSPS) is 15.9. The number of carbonyl (C=O) groups is 2. The van der Waals surface area contributed by atoms with Crippen LogP contribution in [0.15, 0.2) is 35.2 Å². The lowest BCUT2D eigenvalue weighted by Gasteiger charge is -2.30. The molecule has 0 bridgehead atoms. The van der Waals surface area contributed by atoms with E-state index < -0.39 is 16.0 Å². The summed E-state index contributed by atoms with van der Waals surface area (Å²) in [6, 6.07) is 8.57. The fourth-order valence-corrected chi connectivity index (χ4v) is 5.51. The fraction of sp³-hybridized carbons (Fsp3) is 0.400. The number of sulfonamides is 1. The first-order valence-electron chi connectivity index (χ1n) is 8.96. The monoisotopic (exact) mass is 404 g/mol. The van der Waals surface area contributed by atoms with Crippen molar-refractivity contribution in [2.75, 3.05) is 11.4 Å². The Bertz CT molecular complexity index is 1050. The maximum absolute atomic E-state index is 13.4. The second kappa shape index (κ2) is 6.77. The van der Waals surface area contributed by atoms with Crippen molar-refractivity contribution in [3.8, 4) is 0 Å². The fourth-order valence-electron chi connectivity index (χ4n) is 3.86. The van der Waals surface area contributed by atoms with Crippen LogP contribution in [0.1, 0.15) is 42.0 Å². The minimum Gasteiger partial charge on any atom is -0.480 e. The van der Waals surface area contributed by atoms with Crippen LogP contribution >= 0.6 is 0 Å². The topological polar surface area (TPSA) is 96.7 Å². The molecule has 1 aromatic carbocycles. The van der Waals surface area contributed by atoms with Gasteiger partial charge in [0.2, 0.25) is 0 Å². The van der Waals surface area contributed by atoms with Crippen molar-refractivity contribution in [2.45, 2.75) is 45.1 Å². The van der Waals surface area contributed by atoms with Crippen molar-refractivity contribution in [3.63, 3.8) is 0 Å². The molecule has 0 saturated heterocycles. The highest BCUT2D eigenvalue weighted by molar-refractivity contribution is 7.93. The number of carboxylic acid groups (broad SMARTS) is 1. The molecular formula is C20H24N2O5S. The summed E-state index contributed by atoms with van der Waals surface area (Å²) in [4.78, 5) is 24.2. The number of aliphatic carboxylic acids is 1. The van der Waals surface area contributed by atoms with Gasteiger partial charge in [0.05, 0.1) is 11.3 Å². The molecule has 28 heavy (non-hydrogen) atoms. The number of anilines is 1. The molecule has 150 valence electrons. The third kappa shape index (κ3) is 3.32. The van der Waals surface area contributed by atoms with Crippen LogP contribution < -0.4 is 4.31 Å². The number of carbonyl (C=O) groups excluding carboxylic acids is 1. The first-order valence-corrected chi connectivity index (χ1v) is 10.4. The molecular weight excluding hydrogens is 380 g/mol. The molecule has 2 aromatic rings. The standard InChI is InChI=1S/C20H24N2O5S/c1-13-19(28(26,27)21(4)14-8-6-5-7-9-14)18-15(22(13)12-17(24)25)10-20(2,3)11-16(18)23/h5-9H,10-12H2,1-4H3,(H,24,25). The van der Waals surface area contributed by atoms with Gasteiger partial charge in [-0.2, -0.15) is 0 Å². The number of ketones is 1. The van der Waals surface area contributed by atoms with Crippen molar-refractivity contribution in [1.29, 1.82) is 0 Å². The maximum atomic E-state index is 13.4. The van der Waals surface area contributed by atoms with Crippen LogP contribution in [-0.2, 0) is 27.8 Å². The second-order valence-corrected chi connectivity index (χ2v) is 9.87. The minimum atomic E-state index is -4.05. The van der Waals surface area contributed by atoms with Gasteiger partial charge in [0, 0.05) is 24.9 Å². The molecule has 0 atom stereocenters. The lowest BCUT2D eigenvalue weighted by Crippen LogP contribution is -2.31. The molecule has 0 fully saturated rings. The highest BCUT2D eigenvalue weighted by Gasteiger charge is 2.41. The average molecular weight is 404 g/mol. The SMILES string of the molecule is Cc1c(S(=O)(=O)N(C)c2ccccc2)c2c(n1CC(=O)O)CC(C)(C)CC2=O. The Hall–Kier alpha value is -2.61. The quantitative estimate of drug-likeness (QED) is 0.827. The first kappa shape index (κ1) is 20.1. The van der Waals surface area contributed by atoms with E-state index in [2.05, 4.69) is 0 Å². The van der Waals surface area contributed by atoms with Crippen molar-refractivity contribution < 1.29 is 23.1 Å². The Labute approximate surface area is 164 Å². The summed E-state index contributed by atoms with van der Waals surface area (Å²) >= 11 is 0. The van der Waals surface area contributed by atoms with E-state index in [4.69, 9.17) is 0 Å². The van der Waals surface area contributed by atoms with E-state index in [1.54, 1.807) is 37.3 Å². The number of rotatable bonds is 5. The Morgan fingerprint density at radius 3 is 2.39 bits per heavy atom. The third-order valence-electron chi connectivity index (χ3n) is 5.17. The van der Waals surface area contributed by atoms with Crippen LogP contribution in [0.25, 0.3) is 0 Å². The van der Waals surface area contributed by atoms with Crippen molar-refractivity contribution >= 4 is 27.5 Å². The van der Waals surface area contributed by atoms with Gasteiger partial charge in [0.15, 0.2) is 5.78 Å². The highest BCUT2D eigenvalue weighted by Crippen LogP contribution is 2.41. The molecule has 0 saturated carbocycles. The van der Waals surface area contributed by atoms with E-state index in [0.29, 0.717) is 17.8 Å². The molecule has 3 rings (SSSR count). The summed E-state index contributed by atoms with van der Waals surface area (Å²) in [5.74, 6) is -1.35. The van der Waals surface area contributed by atoms with Gasteiger partial charge in [-0.05, 0) is 30.9 Å². The molecule has 0 amide bonds. The number of carboxylic acids is 1. The molecule has 1 heterocycles. The average Bonchev–Trinajstić information content (AvgIpc) is 2.86. The lowest BCUT2D eigenvalue weighted by atomic mass is 9.76. The largest absolute Gasteiger partial charge is 0.480 e. The van der Waals surface area contributed by atoms with Crippen LogP contribution in [0.5, 0.6) is 0 Å². The smallest absolute Gasteiger partial charge is 0.323 e. The summed E-state index contributed by atoms with van der Waals surface area (Å²) in [5.41, 5.74) is 1.01. The zero-order valence-electron chi connectivity index (χ0n) is 16.4. The number of hydrogen-bond acceptors (Lipinski definition) is 4. The third-order valence-corrected chi connectivity index (χ3v) is 7.12. The van der Waals surface area contributed by atoms with Crippen LogP contribution in [0, 0.1) is 12.3 Å². The molecule has 1 aliphatic rings. The maximum Gasteiger partial charge on any atom is 0.323 e. The number of nitrogens with zero attached hydrogens (tertiary/aromatic N) is 2. The molecule has 1 aromatic heterocycles. The Balaban J connectivity index is 2.26. The van der Waals surface area contributed by atoms with E-state index in [1.807, 2.05) is 13.8 Å². The van der Waals surface area contributed by atoms with Gasteiger partial charge >= 0.3 is 5.97 Å². The second-order valence-electron chi connectivity index (χ2n) is 7.97. The summed E-state index contributed by atoms with van der Waals surface area (Å²) in [6.45, 7) is 5.02. The highest BCUT2D eigenvalue weighted by atomic mass is 32.2. The predicted octanol–water partition coefficient (Wildman–Crippen LogP) is 2.86. The molecule has 1 N–H and O–H groups in total. The summed E-state index contributed by atoms with van der Waals surface area (Å²) < 4.78 is 29.5. The molecule has 0 aliphatic heterocycles. The van der Waals surface area contributed by atoms with Gasteiger partial charge < -0.3 is 9.67 Å². The van der Waals surface area contributed by atoms with E-state index >= 15 is 0 Å². The van der Waals surface area contributed by atoms with Crippen LogP contribution in [-0.4, -0.2) is 36.9 Å². The number of benzene rings is 1. The van der Waals surface area contributed by atoms with Gasteiger partial charge in [-0.3, -0.25) is 13.9 Å². The van der Waals surface area contributed by atoms with Gasteiger partial charge in [-0.15, -0.1) is 0 Å². The molecule has 1 aliphatic carbocycles. The van der Waals surface area contributed by atoms with E-state index in [1.165, 1.54) is 11.6 Å². The Kier molecular flexibility index (Phi) is 4.87. The van der Waals surface area contributed by atoms with E-state index in [0.717, 1.165) is 4.31 Å². The predicted molar refractivity (Wildman–Crippen MR) is 105 cm³/mol. The number of aromatic nitrogens is 1. The summed E-state index contributed by atoms with van der Waals surface area (Å²) in [5, 5.41) is 9.32. The van der Waals surface area contributed by atoms with Gasteiger partial charge in [0.25, 0.3) is 10.0 Å². The van der Waals surface area contributed by atoms with Gasteiger partial charge in [0.1, 0.15) is 11.4 Å².